The lowest BCUT2D eigenvalue weighted by Gasteiger charge is -2.42. The molecule has 0 N–H and O–H groups in total. The second-order valence-corrected chi connectivity index (χ2v) is 16.5. The van der Waals surface area contributed by atoms with Gasteiger partial charge in [-0.15, -0.1) is 0 Å². The van der Waals surface area contributed by atoms with Crippen molar-refractivity contribution in [1.82, 2.24) is 4.90 Å². The number of rotatable bonds is 12. The maximum atomic E-state index is 5.01. The molecule has 0 spiro atoms. The highest BCUT2D eigenvalue weighted by Gasteiger charge is 2.41. The number of hydrogen-bond acceptors (Lipinski definition) is 2. The van der Waals surface area contributed by atoms with Gasteiger partial charge in [0.15, 0.2) is 0 Å². The summed E-state index contributed by atoms with van der Waals surface area (Å²) in [4.78, 5) is 4.87. The van der Waals surface area contributed by atoms with Gasteiger partial charge in [0.2, 0.25) is 0 Å². The van der Waals surface area contributed by atoms with E-state index in [1.807, 2.05) is 0 Å². The molecule has 0 unspecified atom stereocenters. The lowest BCUT2D eigenvalue weighted by Crippen LogP contribution is -2.33. The molecule has 286 valence electrons. The van der Waals surface area contributed by atoms with Crippen molar-refractivity contribution in [2.24, 2.45) is 5.41 Å². The van der Waals surface area contributed by atoms with E-state index in [-0.39, 0.29) is 17.3 Å². The Hall–Kier alpha value is -5.86. The Kier molecular flexibility index (Phi) is 10.9. The van der Waals surface area contributed by atoms with Gasteiger partial charge in [-0.1, -0.05) is 197 Å². The summed E-state index contributed by atoms with van der Waals surface area (Å²) in [5.74, 6) is 0.927. The fraction of sp³-hybridized carbons (Fsp3) is 0.236. The van der Waals surface area contributed by atoms with Crippen LogP contribution in [-0.2, 0) is 0 Å². The molecule has 0 radical (unpaired) electrons. The molecule has 3 aliphatic rings. The Morgan fingerprint density at radius 2 is 1.18 bits per heavy atom. The molecular weight excluding hydrogens is 689 g/mol. The number of hydrogen-bond donors (Lipinski definition) is 0. The molecule has 0 saturated heterocycles. The first kappa shape index (κ1) is 38.0. The second-order valence-electron chi connectivity index (χ2n) is 16.5. The number of aryl methyl sites for hydroxylation is 1. The Morgan fingerprint density at radius 3 is 1.63 bits per heavy atom. The highest BCUT2D eigenvalue weighted by atomic mass is 15.4. The summed E-state index contributed by atoms with van der Waals surface area (Å²) in [7, 11) is 0. The molecule has 2 heteroatoms. The van der Waals surface area contributed by atoms with Crippen LogP contribution in [0.15, 0.2) is 204 Å². The molecule has 2 aliphatic heterocycles. The van der Waals surface area contributed by atoms with Gasteiger partial charge in [-0.05, 0) is 95.2 Å². The van der Waals surface area contributed by atoms with E-state index >= 15 is 0 Å². The third kappa shape index (κ3) is 7.30. The summed E-state index contributed by atoms with van der Waals surface area (Å²) in [6.07, 6.45) is 17.4. The van der Waals surface area contributed by atoms with Crippen LogP contribution in [0, 0.1) is 12.3 Å². The molecule has 8 rings (SSSR count). The van der Waals surface area contributed by atoms with Crippen molar-refractivity contribution in [1.29, 1.82) is 0 Å². The van der Waals surface area contributed by atoms with Crippen LogP contribution in [0.1, 0.15) is 111 Å². The second kappa shape index (κ2) is 16.3. The minimum atomic E-state index is -0.0131. The van der Waals surface area contributed by atoms with Crippen molar-refractivity contribution in [2.45, 2.75) is 78.6 Å². The third-order valence-corrected chi connectivity index (χ3v) is 12.2. The van der Waals surface area contributed by atoms with E-state index in [0.29, 0.717) is 0 Å². The van der Waals surface area contributed by atoms with Crippen LogP contribution in [0.3, 0.4) is 0 Å². The van der Waals surface area contributed by atoms with Crippen LogP contribution in [-0.4, -0.2) is 4.90 Å². The third-order valence-electron chi connectivity index (χ3n) is 12.2. The van der Waals surface area contributed by atoms with Gasteiger partial charge in [-0.2, -0.15) is 0 Å². The molecule has 1 atom stereocenters. The summed E-state index contributed by atoms with van der Waals surface area (Å²) in [5, 5.41) is 0. The predicted molar refractivity (Wildman–Crippen MR) is 241 cm³/mol. The predicted octanol–water partition coefficient (Wildman–Crippen LogP) is 14.5. The zero-order chi connectivity index (χ0) is 39.5. The number of nitrogens with zero attached hydrogens (tertiary/aromatic N) is 2. The maximum absolute atomic E-state index is 5.01. The van der Waals surface area contributed by atoms with E-state index in [4.69, 9.17) is 6.58 Å². The van der Waals surface area contributed by atoms with Crippen molar-refractivity contribution < 1.29 is 0 Å². The van der Waals surface area contributed by atoms with E-state index in [9.17, 15) is 0 Å². The Bertz CT molecular complexity index is 2210. The highest BCUT2D eigenvalue weighted by Crippen LogP contribution is 2.53. The number of allylic oxidation sites excluding steroid dienone is 7. The van der Waals surface area contributed by atoms with Gasteiger partial charge in [0, 0.05) is 18.0 Å². The standard InChI is InChI=1S/C55H56N2/c1-7-22-42-36-40(4)53(55(6,37-42)33-8-2)50-32-21-31-47-38-56(41(5)57(47)50)54-48(51(43-23-13-9-14-24-43)44-25-15-10-16-26-44)34-39(3)35-49(54)52(45-27-17-11-18-28-45)46-29-19-12-20-30-46/h9-21,23-32,34-36,38,51-52H,5,7-8,22,33,37H2,1-4,6H3/t55-/m0/s1. The molecule has 0 aromatic heterocycles. The van der Waals surface area contributed by atoms with Crippen LogP contribution >= 0.6 is 0 Å². The van der Waals surface area contributed by atoms with E-state index in [1.54, 1.807) is 5.57 Å². The normalized spacial score (nSPS) is 17.9. The molecule has 1 aliphatic carbocycles. The smallest absolute Gasteiger partial charge is 0.114 e. The zero-order valence-electron chi connectivity index (χ0n) is 34.4. The van der Waals surface area contributed by atoms with Crippen LogP contribution < -0.4 is 4.90 Å². The monoisotopic (exact) mass is 744 g/mol. The first-order valence-corrected chi connectivity index (χ1v) is 20.9. The SMILES string of the molecule is C=C1N2C(=CN1c1c(C(c3ccccc3)c3ccccc3)cc(C)cc1C(c1ccccc1)c1ccccc1)C=CC=C2C1=C(C)C=C(CCC)C[C@]1(C)CCC. The average molecular weight is 745 g/mol. The molecule has 2 nitrogen and oxygen atoms in total. The Labute approximate surface area is 341 Å². The topological polar surface area (TPSA) is 6.48 Å². The van der Waals surface area contributed by atoms with Gasteiger partial charge in [-0.3, -0.25) is 4.90 Å². The van der Waals surface area contributed by atoms with E-state index < -0.39 is 0 Å². The summed E-state index contributed by atoms with van der Waals surface area (Å²) in [6.45, 7) is 16.7. The molecular formula is C55H56N2. The van der Waals surface area contributed by atoms with Crippen LogP contribution in [0.5, 0.6) is 0 Å². The van der Waals surface area contributed by atoms with Crippen molar-refractivity contribution >= 4 is 5.69 Å². The number of benzene rings is 5. The summed E-state index contributed by atoms with van der Waals surface area (Å²) in [5.41, 5.74) is 16.8. The van der Waals surface area contributed by atoms with Crippen molar-refractivity contribution in [3.05, 3.63) is 243 Å². The van der Waals surface area contributed by atoms with Crippen molar-refractivity contribution in [2.75, 3.05) is 4.90 Å². The van der Waals surface area contributed by atoms with Crippen molar-refractivity contribution in [3.63, 3.8) is 0 Å². The maximum Gasteiger partial charge on any atom is 0.114 e. The summed E-state index contributed by atoms with van der Waals surface area (Å²) in [6, 6.07) is 49.0. The van der Waals surface area contributed by atoms with Gasteiger partial charge in [0.1, 0.15) is 5.82 Å². The number of fused-ring (bicyclic) bond motifs is 1. The van der Waals surface area contributed by atoms with Crippen LogP contribution in [0.25, 0.3) is 0 Å². The van der Waals surface area contributed by atoms with E-state index in [1.165, 1.54) is 67.9 Å². The Balaban J connectivity index is 1.37. The van der Waals surface area contributed by atoms with E-state index in [0.717, 1.165) is 37.2 Å². The average Bonchev–Trinajstić information content (AvgIpc) is 3.55. The van der Waals surface area contributed by atoms with Crippen LogP contribution in [0.2, 0.25) is 0 Å². The molecule has 0 saturated carbocycles. The molecule has 5 aromatic rings. The summed E-state index contributed by atoms with van der Waals surface area (Å²) < 4.78 is 0. The Morgan fingerprint density at radius 1 is 0.684 bits per heavy atom. The molecule has 0 fully saturated rings. The fourth-order valence-corrected chi connectivity index (χ4v) is 10.1. The fourth-order valence-electron chi connectivity index (χ4n) is 10.1. The van der Waals surface area contributed by atoms with Gasteiger partial charge in [-0.25, -0.2) is 0 Å². The lowest BCUT2D eigenvalue weighted by molar-refractivity contribution is 0.335. The van der Waals surface area contributed by atoms with Gasteiger partial charge in [0.25, 0.3) is 0 Å². The quantitative estimate of drug-likeness (QED) is 0.117. The van der Waals surface area contributed by atoms with Gasteiger partial charge in [0.05, 0.1) is 17.1 Å². The first-order valence-electron chi connectivity index (χ1n) is 20.9. The van der Waals surface area contributed by atoms with Gasteiger partial charge < -0.3 is 4.90 Å². The molecule has 0 bridgehead atoms. The molecule has 0 amide bonds. The zero-order valence-corrected chi connectivity index (χ0v) is 34.4. The first-order chi connectivity index (χ1) is 27.8. The minimum absolute atomic E-state index is 0.0131. The van der Waals surface area contributed by atoms with Crippen molar-refractivity contribution in [3.8, 4) is 0 Å². The number of anilines is 1. The molecule has 2 heterocycles. The molecule has 57 heavy (non-hydrogen) atoms. The largest absolute Gasteiger partial charge is 0.301 e. The lowest BCUT2D eigenvalue weighted by atomic mass is 9.67. The summed E-state index contributed by atoms with van der Waals surface area (Å²) >= 11 is 0. The minimum Gasteiger partial charge on any atom is -0.301 e. The highest BCUT2D eigenvalue weighted by molar-refractivity contribution is 5.75. The van der Waals surface area contributed by atoms with Gasteiger partial charge >= 0.3 is 0 Å². The van der Waals surface area contributed by atoms with Crippen LogP contribution in [0.4, 0.5) is 5.69 Å². The molecule has 5 aromatic carbocycles. The van der Waals surface area contributed by atoms with E-state index in [2.05, 4.69) is 208 Å².